The second-order valence-corrected chi connectivity index (χ2v) is 5.91. The fourth-order valence-electron chi connectivity index (χ4n) is 1.82. The zero-order valence-corrected chi connectivity index (χ0v) is 13.4. The summed E-state index contributed by atoms with van der Waals surface area (Å²) in [6, 6.07) is 7.50. The number of rotatable bonds is 8. The first kappa shape index (κ1) is 17.4. The van der Waals surface area contributed by atoms with Crippen LogP contribution in [0.1, 0.15) is 20.3 Å². The number of carboxylic acid groups (broad SMARTS) is 1. The number of carboxylic acids is 1. The molecule has 0 aromatic heterocycles. The van der Waals surface area contributed by atoms with E-state index in [1.54, 1.807) is 12.0 Å². The number of aliphatic carboxylic acids is 1. The molecule has 1 N–H and O–H groups in total. The lowest BCUT2D eigenvalue weighted by atomic mass is 10.3. The first-order chi connectivity index (χ1) is 9.97. The average Bonchev–Trinajstić information content (AvgIpc) is 2.48. The molecule has 1 rings (SSSR count). The van der Waals surface area contributed by atoms with Crippen molar-refractivity contribution in [3.05, 3.63) is 24.3 Å². The van der Waals surface area contributed by atoms with Crippen LogP contribution < -0.4 is 4.74 Å². The summed E-state index contributed by atoms with van der Waals surface area (Å²) in [5, 5.41) is 8.45. The van der Waals surface area contributed by atoms with E-state index >= 15 is 0 Å². The number of nitrogens with zero attached hydrogens (tertiary/aromatic N) is 1. The molecular formula is C15H21NO4S. The summed E-state index contributed by atoms with van der Waals surface area (Å²) in [5.74, 6) is -0.161. The number of benzene rings is 1. The van der Waals surface area contributed by atoms with E-state index in [1.165, 1.54) is 11.8 Å². The fraction of sp³-hybridized carbons (Fsp3) is 0.467. The highest BCUT2D eigenvalue weighted by molar-refractivity contribution is 8.00. The Labute approximate surface area is 129 Å². The van der Waals surface area contributed by atoms with Crippen LogP contribution in [0.5, 0.6) is 5.75 Å². The van der Waals surface area contributed by atoms with Crippen molar-refractivity contribution in [1.29, 1.82) is 0 Å². The lowest BCUT2D eigenvalue weighted by molar-refractivity contribution is -0.138. The van der Waals surface area contributed by atoms with Gasteiger partial charge in [-0.15, -0.1) is 11.8 Å². The summed E-state index contributed by atoms with van der Waals surface area (Å²) in [6.45, 7) is 4.45. The number of carbonyl (C=O) groups excluding carboxylic acids is 1. The van der Waals surface area contributed by atoms with Crippen LogP contribution in [0.25, 0.3) is 0 Å². The van der Waals surface area contributed by atoms with Gasteiger partial charge in [-0.05, 0) is 38.1 Å². The van der Waals surface area contributed by atoms with Gasteiger partial charge in [-0.25, -0.2) is 0 Å². The molecule has 0 radical (unpaired) electrons. The molecule has 1 unspecified atom stereocenters. The van der Waals surface area contributed by atoms with E-state index in [9.17, 15) is 9.59 Å². The largest absolute Gasteiger partial charge is 0.497 e. The zero-order chi connectivity index (χ0) is 15.8. The molecule has 0 spiro atoms. The number of hydrogen-bond donors (Lipinski definition) is 1. The molecule has 6 heteroatoms. The maximum atomic E-state index is 12.3. The highest BCUT2D eigenvalue weighted by Gasteiger charge is 2.20. The van der Waals surface area contributed by atoms with E-state index in [4.69, 9.17) is 9.84 Å². The molecule has 116 valence electrons. The summed E-state index contributed by atoms with van der Waals surface area (Å²) >= 11 is 1.45. The number of thioether (sulfide) groups is 1. The Balaban J connectivity index is 2.60. The smallest absolute Gasteiger partial charge is 0.305 e. The maximum Gasteiger partial charge on any atom is 0.305 e. The monoisotopic (exact) mass is 311 g/mol. The minimum atomic E-state index is -0.892. The van der Waals surface area contributed by atoms with Gasteiger partial charge in [-0.1, -0.05) is 0 Å². The molecule has 1 aromatic carbocycles. The van der Waals surface area contributed by atoms with Crippen molar-refractivity contribution >= 4 is 23.6 Å². The molecular weight excluding hydrogens is 290 g/mol. The van der Waals surface area contributed by atoms with Crippen LogP contribution in [0.2, 0.25) is 0 Å². The molecule has 0 fully saturated rings. The molecule has 0 aliphatic heterocycles. The molecule has 0 aliphatic carbocycles. The van der Waals surface area contributed by atoms with Crippen LogP contribution in [0.4, 0.5) is 0 Å². The van der Waals surface area contributed by atoms with Crippen molar-refractivity contribution in [2.24, 2.45) is 0 Å². The molecule has 0 saturated heterocycles. The van der Waals surface area contributed by atoms with Gasteiger partial charge in [0.25, 0.3) is 0 Å². The molecule has 1 amide bonds. The van der Waals surface area contributed by atoms with Gasteiger partial charge >= 0.3 is 5.97 Å². The van der Waals surface area contributed by atoms with Crippen LogP contribution in [0.15, 0.2) is 29.2 Å². The van der Waals surface area contributed by atoms with Crippen LogP contribution in [-0.2, 0) is 9.59 Å². The van der Waals surface area contributed by atoms with E-state index in [1.807, 2.05) is 38.1 Å². The Kier molecular flexibility index (Phi) is 7.08. The third kappa shape index (κ3) is 5.67. The molecule has 21 heavy (non-hydrogen) atoms. The van der Waals surface area contributed by atoms with Crippen LogP contribution in [0.3, 0.4) is 0 Å². The quantitative estimate of drug-likeness (QED) is 0.747. The number of ether oxygens (including phenoxy) is 1. The van der Waals surface area contributed by atoms with Crippen molar-refractivity contribution < 1.29 is 19.4 Å². The Morgan fingerprint density at radius 3 is 2.43 bits per heavy atom. The highest BCUT2D eigenvalue weighted by Crippen LogP contribution is 2.26. The topological polar surface area (TPSA) is 66.8 Å². The molecule has 1 aromatic rings. The second-order valence-electron chi connectivity index (χ2n) is 4.50. The van der Waals surface area contributed by atoms with E-state index in [0.717, 1.165) is 10.6 Å². The number of methoxy groups -OCH3 is 1. The van der Waals surface area contributed by atoms with Gasteiger partial charge < -0.3 is 14.7 Å². The van der Waals surface area contributed by atoms with E-state index in [-0.39, 0.29) is 24.1 Å². The number of hydrogen-bond acceptors (Lipinski definition) is 4. The van der Waals surface area contributed by atoms with Crippen molar-refractivity contribution in [2.45, 2.75) is 30.4 Å². The Bertz CT molecular complexity index is 475. The van der Waals surface area contributed by atoms with Crippen LogP contribution in [-0.4, -0.2) is 47.3 Å². The Hall–Kier alpha value is -1.69. The molecule has 5 nitrogen and oxygen atoms in total. The van der Waals surface area contributed by atoms with Crippen molar-refractivity contribution in [3.8, 4) is 5.75 Å². The SMILES string of the molecule is CCN(CCC(=O)O)C(=O)C(C)Sc1ccc(OC)cc1. The van der Waals surface area contributed by atoms with E-state index in [2.05, 4.69) is 0 Å². The van der Waals surface area contributed by atoms with E-state index in [0.29, 0.717) is 6.54 Å². The van der Waals surface area contributed by atoms with Gasteiger partial charge in [0.1, 0.15) is 5.75 Å². The van der Waals surface area contributed by atoms with Crippen LogP contribution in [0, 0.1) is 0 Å². The summed E-state index contributed by atoms with van der Waals surface area (Å²) in [7, 11) is 1.61. The number of amides is 1. The maximum absolute atomic E-state index is 12.3. The molecule has 0 heterocycles. The second kappa shape index (κ2) is 8.56. The molecule has 0 bridgehead atoms. The summed E-state index contributed by atoms with van der Waals surface area (Å²) in [4.78, 5) is 25.5. The van der Waals surface area contributed by atoms with E-state index < -0.39 is 5.97 Å². The highest BCUT2D eigenvalue weighted by atomic mass is 32.2. The predicted octanol–water partition coefficient (Wildman–Crippen LogP) is 2.50. The Morgan fingerprint density at radius 1 is 1.33 bits per heavy atom. The Morgan fingerprint density at radius 2 is 1.95 bits per heavy atom. The normalized spacial score (nSPS) is 11.8. The number of carbonyl (C=O) groups is 2. The van der Waals surface area contributed by atoms with Gasteiger partial charge in [-0.2, -0.15) is 0 Å². The van der Waals surface area contributed by atoms with Crippen molar-refractivity contribution in [2.75, 3.05) is 20.2 Å². The minimum Gasteiger partial charge on any atom is -0.497 e. The average molecular weight is 311 g/mol. The lowest BCUT2D eigenvalue weighted by Crippen LogP contribution is -2.37. The summed E-state index contributed by atoms with van der Waals surface area (Å²) in [6.07, 6.45) is -0.0283. The lowest BCUT2D eigenvalue weighted by Gasteiger charge is -2.23. The first-order valence-corrected chi connectivity index (χ1v) is 7.67. The minimum absolute atomic E-state index is 0.0283. The standard InChI is InChI=1S/C15H21NO4S/c1-4-16(10-9-14(17)18)15(19)11(2)21-13-7-5-12(20-3)6-8-13/h5-8,11H,4,9-10H2,1-3H3,(H,17,18). The van der Waals surface area contributed by atoms with Gasteiger partial charge in [0, 0.05) is 18.0 Å². The third-order valence-corrected chi connectivity index (χ3v) is 4.11. The molecule has 1 atom stereocenters. The van der Waals surface area contributed by atoms with Crippen LogP contribution >= 0.6 is 11.8 Å². The first-order valence-electron chi connectivity index (χ1n) is 6.79. The van der Waals surface area contributed by atoms with Gasteiger partial charge in [0.15, 0.2) is 0 Å². The zero-order valence-electron chi connectivity index (χ0n) is 12.5. The molecule has 0 aliphatic rings. The third-order valence-electron chi connectivity index (χ3n) is 3.01. The van der Waals surface area contributed by atoms with Gasteiger partial charge in [-0.3, -0.25) is 9.59 Å². The fourth-order valence-corrected chi connectivity index (χ4v) is 2.77. The molecule has 0 saturated carbocycles. The summed E-state index contributed by atoms with van der Waals surface area (Å²) in [5.41, 5.74) is 0. The summed E-state index contributed by atoms with van der Waals surface area (Å²) < 4.78 is 5.09. The predicted molar refractivity (Wildman–Crippen MR) is 82.8 cm³/mol. The van der Waals surface area contributed by atoms with Gasteiger partial charge in [0.05, 0.1) is 18.8 Å². The van der Waals surface area contributed by atoms with Gasteiger partial charge in [0.2, 0.25) is 5.91 Å². The van der Waals surface area contributed by atoms with Crippen molar-refractivity contribution in [1.82, 2.24) is 4.90 Å². The van der Waals surface area contributed by atoms with Crippen molar-refractivity contribution in [3.63, 3.8) is 0 Å².